The van der Waals surface area contributed by atoms with Gasteiger partial charge in [0, 0.05) is 6.20 Å². The third kappa shape index (κ3) is 2.79. The van der Waals surface area contributed by atoms with Crippen molar-refractivity contribution >= 4 is 17.2 Å². The molecule has 114 valence electrons. The molecule has 0 aliphatic carbocycles. The Labute approximate surface area is 134 Å². The maximum atomic E-state index is 12.8. The molecule has 0 fully saturated rings. The van der Waals surface area contributed by atoms with Crippen LogP contribution in [0.5, 0.6) is 0 Å². The van der Waals surface area contributed by atoms with Crippen LogP contribution >= 0.6 is 0 Å². The molecule has 2 heterocycles. The van der Waals surface area contributed by atoms with Gasteiger partial charge in [0.2, 0.25) is 0 Å². The Kier molecular flexibility index (Phi) is 4.07. The fourth-order valence-corrected chi connectivity index (χ4v) is 2.57. The summed E-state index contributed by atoms with van der Waals surface area (Å²) < 4.78 is 1.79. The number of anilines is 1. The minimum Gasteiger partial charge on any atom is -0.319 e. The van der Waals surface area contributed by atoms with Crippen molar-refractivity contribution in [1.29, 1.82) is 5.26 Å². The number of hydrogen-bond donors (Lipinski definition) is 1. The summed E-state index contributed by atoms with van der Waals surface area (Å²) in [6.07, 6.45) is 3.45. The van der Waals surface area contributed by atoms with Crippen LogP contribution in [0.25, 0.3) is 5.65 Å². The minimum atomic E-state index is -0.255. The van der Waals surface area contributed by atoms with Gasteiger partial charge in [-0.25, -0.2) is 4.98 Å². The number of para-hydroxylation sites is 1. The van der Waals surface area contributed by atoms with Gasteiger partial charge in [-0.2, -0.15) is 5.26 Å². The molecule has 3 rings (SSSR count). The second-order valence-electron chi connectivity index (χ2n) is 5.20. The molecule has 0 bridgehead atoms. The van der Waals surface area contributed by atoms with E-state index in [-0.39, 0.29) is 5.91 Å². The van der Waals surface area contributed by atoms with Gasteiger partial charge in [-0.1, -0.05) is 31.5 Å². The summed E-state index contributed by atoms with van der Waals surface area (Å²) in [7, 11) is 0. The van der Waals surface area contributed by atoms with Gasteiger partial charge in [0.1, 0.15) is 17.4 Å². The average Bonchev–Trinajstić information content (AvgIpc) is 2.93. The van der Waals surface area contributed by atoms with E-state index >= 15 is 0 Å². The van der Waals surface area contributed by atoms with Crippen molar-refractivity contribution < 1.29 is 4.79 Å². The number of nitriles is 1. The number of fused-ring (bicyclic) bond motifs is 1. The molecule has 1 N–H and O–H groups in total. The summed E-state index contributed by atoms with van der Waals surface area (Å²) in [5, 5.41) is 12.0. The smallest absolute Gasteiger partial charge is 0.274 e. The first kappa shape index (κ1) is 14.8. The lowest BCUT2D eigenvalue weighted by Gasteiger charge is -2.08. The Hall–Kier alpha value is -3.13. The zero-order chi connectivity index (χ0) is 16.2. The van der Waals surface area contributed by atoms with Gasteiger partial charge in [0.15, 0.2) is 0 Å². The molecule has 0 radical (unpaired) electrons. The van der Waals surface area contributed by atoms with Crippen LogP contribution < -0.4 is 5.32 Å². The van der Waals surface area contributed by atoms with Crippen LogP contribution in [-0.4, -0.2) is 15.3 Å². The number of pyridine rings is 1. The number of carbonyl (C=O) groups is 1. The van der Waals surface area contributed by atoms with Crippen LogP contribution in [0.3, 0.4) is 0 Å². The lowest BCUT2D eigenvalue weighted by Crippen LogP contribution is -2.17. The highest BCUT2D eigenvalue weighted by Crippen LogP contribution is 2.19. The summed E-state index contributed by atoms with van der Waals surface area (Å²) in [6.45, 7) is 2.05. The Bertz CT molecular complexity index is 905. The standard InChI is InChI=1S/C18H16N4O/c1-2-7-15-17(22-11-6-5-10-16(22)20-15)18(23)21-14-9-4-3-8-13(14)12-19/h3-6,8-11H,2,7H2,1H3,(H,21,23). The molecule has 0 aliphatic rings. The lowest BCUT2D eigenvalue weighted by molar-refractivity contribution is 0.102. The number of aryl methyl sites for hydroxylation is 1. The Morgan fingerprint density at radius 1 is 1.26 bits per heavy atom. The van der Waals surface area contributed by atoms with Crippen LogP contribution in [0.2, 0.25) is 0 Å². The van der Waals surface area contributed by atoms with Crippen molar-refractivity contribution in [3.8, 4) is 6.07 Å². The molecule has 2 aromatic heterocycles. The van der Waals surface area contributed by atoms with E-state index in [1.807, 2.05) is 24.4 Å². The van der Waals surface area contributed by atoms with Gasteiger partial charge in [-0.3, -0.25) is 9.20 Å². The number of nitrogens with one attached hydrogen (secondary N) is 1. The summed E-state index contributed by atoms with van der Waals surface area (Å²) >= 11 is 0. The quantitative estimate of drug-likeness (QED) is 0.803. The van der Waals surface area contributed by atoms with E-state index in [1.54, 1.807) is 28.7 Å². The van der Waals surface area contributed by atoms with Crippen molar-refractivity contribution in [2.45, 2.75) is 19.8 Å². The molecule has 0 unspecified atom stereocenters. The molecule has 0 atom stereocenters. The van der Waals surface area contributed by atoms with Gasteiger partial charge < -0.3 is 5.32 Å². The van der Waals surface area contributed by atoms with Crippen molar-refractivity contribution in [1.82, 2.24) is 9.38 Å². The summed E-state index contributed by atoms with van der Waals surface area (Å²) in [5.41, 5.74) is 2.98. The average molecular weight is 304 g/mol. The molecule has 0 spiro atoms. The first-order chi connectivity index (χ1) is 11.2. The molecule has 0 saturated carbocycles. The van der Waals surface area contributed by atoms with Crippen LogP contribution in [0.1, 0.15) is 35.1 Å². The minimum absolute atomic E-state index is 0.255. The third-order valence-electron chi connectivity index (χ3n) is 3.60. The van der Waals surface area contributed by atoms with Crippen LogP contribution in [0.15, 0.2) is 48.7 Å². The maximum Gasteiger partial charge on any atom is 0.274 e. The molecule has 0 saturated heterocycles. The molecule has 0 aliphatic heterocycles. The normalized spacial score (nSPS) is 10.4. The first-order valence-electron chi connectivity index (χ1n) is 7.51. The number of carbonyl (C=O) groups excluding carboxylic acids is 1. The number of benzene rings is 1. The fourth-order valence-electron chi connectivity index (χ4n) is 2.57. The fraction of sp³-hybridized carbons (Fsp3) is 0.167. The van der Waals surface area contributed by atoms with Crippen LogP contribution in [0.4, 0.5) is 5.69 Å². The van der Waals surface area contributed by atoms with Gasteiger partial charge in [-0.05, 0) is 30.7 Å². The lowest BCUT2D eigenvalue weighted by atomic mass is 10.1. The zero-order valence-corrected chi connectivity index (χ0v) is 12.8. The van der Waals surface area contributed by atoms with E-state index in [1.165, 1.54) is 0 Å². The van der Waals surface area contributed by atoms with Gasteiger partial charge in [0.05, 0.1) is 16.9 Å². The maximum absolute atomic E-state index is 12.8. The number of nitrogens with zero attached hydrogens (tertiary/aromatic N) is 3. The predicted molar refractivity (Wildman–Crippen MR) is 88.3 cm³/mol. The molecule has 1 aromatic carbocycles. The zero-order valence-electron chi connectivity index (χ0n) is 12.8. The van der Waals surface area contributed by atoms with E-state index in [0.29, 0.717) is 16.9 Å². The summed E-state index contributed by atoms with van der Waals surface area (Å²) in [5.74, 6) is -0.255. The van der Waals surface area contributed by atoms with Crippen molar-refractivity contribution in [3.05, 3.63) is 65.6 Å². The highest BCUT2D eigenvalue weighted by atomic mass is 16.2. The van der Waals surface area contributed by atoms with E-state index in [0.717, 1.165) is 24.2 Å². The largest absolute Gasteiger partial charge is 0.319 e. The van der Waals surface area contributed by atoms with Crippen molar-refractivity contribution in [2.75, 3.05) is 5.32 Å². The Morgan fingerprint density at radius 3 is 2.83 bits per heavy atom. The first-order valence-corrected chi connectivity index (χ1v) is 7.51. The van der Waals surface area contributed by atoms with Crippen molar-refractivity contribution in [3.63, 3.8) is 0 Å². The number of aromatic nitrogens is 2. The van der Waals surface area contributed by atoms with E-state index in [9.17, 15) is 4.79 Å². The Balaban J connectivity index is 2.03. The van der Waals surface area contributed by atoms with E-state index < -0.39 is 0 Å². The van der Waals surface area contributed by atoms with E-state index in [2.05, 4.69) is 23.3 Å². The topological polar surface area (TPSA) is 70.2 Å². The van der Waals surface area contributed by atoms with E-state index in [4.69, 9.17) is 5.26 Å². The Morgan fingerprint density at radius 2 is 2.04 bits per heavy atom. The molecule has 5 heteroatoms. The second kappa shape index (κ2) is 6.32. The SMILES string of the molecule is CCCc1nc2ccccn2c1C(=O)Nc1ccccc1C#N. The predicted octanol–water partition coefficient (Wildman–Crippen LogP) is 3.41. The van der Waals surface area contributed by atoms with Gasteiger partial charge in [-0.15, -0.1) is 0 Å². The van der Waals surface area contributed by atoms with Gasteiger partial charge >= 0.3 is 0 Å². The molecule has 3 aromatic rings. The monoisotopic (exact) mass is 304 g/mol. The number of rotatable bonds is 4. The number of imidazole rings is 1. The second-order valence-corrected chi connectivity index (χ2v) is 5.20. The van der Waals surface area contributed by atoms with Crippen LogP contribution in [-0.2, 0) is 6.42 Å². The molecule has 5 nitrogen and oxygen atoms in total. The van der Waals surface area contributed by atoms with Crippen LogP contribution in [0, 0.1) is 11.3 Å². The summed E-state index contributed by atoms with van der Waals surface area (Å²) in [4.78, 5) is 17.3. The molecular weight excluding hydrogens is 288 g/mol. The molecule has 1 amide bonds. The number of hydrogen-bond acceptors (Lipinski definition) is 3. The highest BCUT2D eigenvalue weighted by molar-refractivity contribution is 6.05. The molecular formula is C18H16N4O. The van der Waals surface area contributed by atoms with Crippen molar-refractivity contribution in [2.24, 2.45) is 0 Å². The van der Waals surface area contributed by atoms with Gasteiger partial charge in [0.25, 0.3) is 5.91 Å². The number of amides is 1. The summed E-state index contributed by atoms with van der Waals surface area (Å²) in [6, 6.07) is 14.7. The third-order valence-corrected chi connectivity index (χ3v) is 3.60. The highest BCUT2D eigenvalue weighted by Gasteiger charge is 2.19. The molecule has 23 heavy (non-hydrogen) atoms.